The molecule has 4 unspecified atom stereocenters. The van der Waals surface area contributed by atoms with Gasteiger partial charge in [-0.25, -0.2) is 8.93 Å². The molecule has 3 rings (SSSR count). The van der Waals surface area contributed by atoms with Crippen molar-refractivity contribution in [1.29, 1.82) is 0 Å². The molecule has 1 heterocycles. The minimum Gasteiger partial charge on any atom is -0.363 e. The molecule has 6 N–H and O–H groups in total. The first-order valence-electron chi connectivity index (χ1n) is 16.3. The molecule has 11 nitrogen and oxygen atoms in total. The lowest BCUT2D eigenvalue weighted by molar-refractivity contribution is -0.129. The maximum Gasteiger partial charge on any atom is 0.252 e. The average molecular weight is 674 g/mol. The zero-order valence-electron chi connectivity index (χ0n) is 28.8. The first-order valence-corrected chi connectivity index (χ1v) is 17.5. The van der Waals surface area contributed by atoms with Crippen molar-refractivity contribution < 1.29 is 28.1 Å². The maximum absolute atomic E-state index is 12.3. The van der Waals surface area contributed by atoms with Crippen molar-refractivity contribution in [2.75, 3.05) is 26.2 Å². The predicted octanol–water partition coefficient (Wildman–Crippen LogP) is 2.83. The third kappa shape index (κ3) is 18.5. The van der Waals surface area contributed by atoms with E-state index in [0.717, 1.165) is 30.7 Å². The topological polar surface area (TPSA) is 172 Å². The van der Waals surface area contributed by atoms with E-state index in [0.29, 0.717) is 37.3 Å². The highest BCUT2D eigenvalue weighted by Crippen LogP contribution is 2.12. The number of aldehydes is 1. The first kappa shape index (κ1) is 41.6. The van der Waals surface area contributed by atoms with Gasteiger partial charge in [-0.15, -0.1) is 0 Å². The largest absolute Gasteiger partial charge is 0.363 e. The molecule has 0 saturated carbocycles. The molecule has 262 valence electrons. The number of unbranched alkanes of at least 4 members (excludes halogenated alkanes) is 1. The maximum atomic E-state index is 12.3. The summed E-state index contributed by atoms with van der Waals surface area (Å²) in [6.45, 7) is 13.8. The van der Waals surface area contributed by atoms with E-state index < -0.39 is 29.2 Å². The standard InChI is InChI=1S/C16H23N3O3.C15H22N2O3S.C4H10/c17-8-4-5-9-18-15(20)13(19-16(21)14-11-22-14)10-12-6-2-1-3-7-12;1-4-12-5-7-13(8-6-12)21(20)17-14(11(2)3)15(19)16-9-10-18;1-4(2)3/h1-3,6-7,13-14H,4-5,8-11,17H2,(H,18,20)(H,19,21);5-8,10-11,14,17H,4,9H2,1-3H3,(H,16,19);4H,1-3H3. The van der Waals surface area contributed by atoms with Crippen LogP contribution in [0.1, 0.15) is 65.5 Å². The van der Waals surface area contributed by atoms with Crippen molar-refractivity contribution in [1.82, 2.24) is 20.7 Å². The van der Waals surface area contributed by atoms with E-state index in [2.05, 4.69) is 48.4 Å². The minimum atomic E-state index is -1.47. The van der Waals surface area contributed by atoms with Crippen LogP contribution in [-0.4, -0.2) is 72.6 Å². The van der Waals surface area contributed by atoms with Gasteiger partial charge in [0.2, 0.25) is 11.8 Å². The van der Waals surface area contributed by atoms with E-state index >= 15 is 0 Å². The molecule has 1 fully saturated rings. The van der Waals surface area contributed by atoms with Crippen LogP contribution in [0.3, 0.4) is 0 Å². The van der Waals surface area contributed by atoms with Crippen molar-refractivity contribution in [3.63, 3.8) is 0 Å². The fraction of sp³-hybridized carbons (Fsp3) is 0.543. The summed E-state index contributed by atoms with van der Waals surface area (Å²) < 4.78 is 20.1. The molecular weight excluding hydrogens is 618 g/mol. The van der Waals surface area contributed by atoms with Crippen LogP contribution in [0.4, 0.5) is 0 Å². The van der Waals surface area contributed by atoms with Gasteiger partial charge in [0.05, 0.1) is 18.0 Å². The molecule has 0 aromatic heterocycles. The SMILES string of the molecule is CC(C)C.CCc1ccc(S(=O)NC(C(=O)NCC=O)C(C)C)cc1.NCCCCNC(=O)C(Cc1ccccc1)NC(=O)C1CO1. The zero-order valence-corrected chi connectivity index (χ0v) is 29.6. The Morgan fingerprint density at radius 1 is 0.936 bits per heavy atom. The quantitative estimate of drug-likeness (QED) is 0.0976. The molecule has 1 saturated heterocycles. The fourth-order valence-corrected chi connectivity index (χ4v) is 5.03. The van der Waals surface area contributed by atoms with E-state index in [-0.39, 0.29) is 30.2 Å². The number of rotatable bonds is 17. The summed E-state index contributed by atoms with van der Waals surface area (Å²) in [5.41, 5.74) is 7.60. The summed E-state index contributed by atoms with van der Waals surface area (Å²) in [5.74, 6) is 0.0686. The normalized spacial score (nSPS) is 15.1. The number of hydrogen-bond donors (Lipinski definition) is 5. The first-order chi connectivity index (χ1) is 22.4. The Hall–Kier alpha value is -3.45. The zero-order chi connectivity index (χ0) is 35.2. The van der Waals surface area contributed by atoms with Crippen LogP contribution in [0, 0.1) is 11.8 Å². The second-order valence-electron chi connectivity index (χ2n) is 12.1. The van der Waals surface area contributed by atoms with Gasteiger partial charge in [-0.2, -0.15) is 0 Å². The molecule has 1 aliphatic rings. The number of carbonyl (C=O) groups is 4. The molecule has 1 aliphatic heterocycles. The summed E-state index contributed by atoms with van der Waals surface area (Å²) in [7, 11) is -1.47. The van der Waals surface area contributed by atoms with Crippen molar-refractivity contribution in [3.05, 3.63) is 65.7 Å². The summed E-state index contributed by atoms with van der Waals surface area (Å²) in [5, 5.41) is 8.10. The molecule has 0 spiro atoms. The lowest BCUT2D eigenvalue weighted by Gasteiger charge is -2.20. The molecule has 0 aliphatic carbocycles. The predicted molar refractivity (Wildman–Crippen MR) is 187 cm³/mol. The molecule has 47 heavy (non-hydrogen) atoms. The monoisotopic (exact) mass is 673 g/mol. The molecule has 2 aromatic rings. The number of nitrogens with two attached hydrogens (primary N) is 1. The average Bonchev–Trinajstić information content (AvgIpc) is 3.90. The Kier molecular flexibility index (Phi) is 21.1. The Morgan fingerprint density at radius 2 is 1.55 bits per heavy atom. The van der Waals surface area contributed by atoms with Crippen molar-refractivity contribution in [2.24, 2.45) is 17.6 Å². The second kappa shape index (κ2) is 23.8. The Bertz CT molecular complexity index is 1220. The van der Waals surface area contributed by atoms with Crippen molar-refractivity contribution in [2.45, 2.75) is 90.3 Å². The highest BCUT2D eigenvalue weighted by atomic mass is 32.2. The Labute approximate surface area is 283 Å². The lowest BCUT2D eigenvalue weighted by atomic mass is 10.0. The van der Waals surface area contributed by atoms with Crippen LogP contribution in [0.5, 0.6) is 0 Å². The molecule has 4 atom stereocenters. The van der Waals surface area contributed by atoms with E-state index in [1.54, 1.807) is 12.1 Å². The lowest BCUT2D eigenvalue weighted by Crippen LogP contribution is -2.49. The smallest absolute Gasteiger partial charge is 0.252 e. The third-order valence-electron chi connectivity index (χ3n) is 6.56. The summed E-state index contributed by atoms with van der Waals surface area (Å²) in [4.78, 5) is 47.0. The number of benzene rings is 2. The number of aryl methyl sites for hydroxylation is 1. The van der Waals surface area contributed by atoms with Gasteiger partial charge in [-0.05, 0) is 60.9 Å². The highest BCUT2D eigenvalue weighted by Gasteiger charge is 2.34. The molecule has 2 aromatic carbocycles. The molecule has 0 bridgehead atoms. The van der Waals surface area contributed by atoms with Crippen LogP contribution in [0.25, 0.3) is 0 Å². The van der Waals surface area contributed by atoms with Gasteiger partial charge in [0.1, 0.15) is 29.4 Å². The highest BCUT2D eigenvalue weighted by molar-refractivity contribution is 7.83. The van der Waals surface area contributed by atoms with Crippen molar-refractivity contribution >= 4 is 35.0 Å². The van der Waals surface area contributed by atoms with Crippen molar-refractivity contribution in [3.8, 4) is 0 Å². The fourth-order valence-electron chi connectivity index (χ4n) is 3.90. The number of hydrogen-bond acceptors (Lipinski definition) is 7. The summed E-state index contributed by atoms with van der Waals surface area (Å²) in [6, 6.07) is 15.9. The van der Waals surface area contributed by atoms with Gasteiger partial charge in [-0.3, -0.25) is 14.4 Å². The number of ether oxygens (including phenoxy) is 1. The van der Waals surface area contributed by atoms with E-state index in [1.807, 2.05) is 56.3 Å². The number of epoxide rings is 1. The van der Waals surface area contributed by atoms with Crippen LogP contribution < -0.4 is 26.4 Å². The molecular formula is C35H55N5O6S. The Balaban J connectivity index is 0.000000422. The number of nitrogens with one attached hydrogen (secondary N) is 4. The molecule has 12 heteroatoms. The summed E-state index contributed by atoms with van der Waals surface area (Å²) >= 11 is 0. The van der Waals surface area contributed by atoms with Crippen LogP contribution in [0.15, 0.2) is 59.5 Å². The minimum absolute atomic E-state index is 0.0401. The van der Waals surface area contributed by atoms with E-state index in [1.165, 1.54) is 5.56 Å². The van der Waals surface area contributed by atoms with Gasteiger partial charge >= 0.3 is 0 Å². The van der Waals surface area contributed by atoms with Gasteiger partial charge in [0.25, 0.3) is 5.91 Å². The van der Waals surface area contributed by atoms with Crippen LogP contribution >= 0.6 is 0 Å². The molecule has 3 amide bonds. The molecule has 0 radical (unpaired) electrons. The number of amides is 3. The Morgan fingerprint density at radius 3 is 2.06 bits per heavy atom. The van der Waals surface area contributed by atoms with Gasteiger partial charge in [-0.1, -0.05) is 84.0 Å². The van der Waals surface area contributed by atoms with Gasteiger partial charge in [0, 0.05) is 13.0 Å². The van der Waals surface area contributed by atoms with Crippen LogP contribution in [0.2, 0.25) is 0 Å². The van der Waals surface area contributed by atoms with Gasteiger partial charge < -0.3 is 31.2 Å². The third-order valence-corrected chi connectivity index (χ3v) is 7.73. The summed E-state index contributed by atoms with van der Waals surface area (Å²) in [6.07, 6.45) is 3.30. The van der Waals surface area contributed by atoms with E-state index in [9.17, 15) is 23.4 Å². The van der Waals surface area contributed by atoms with Gasteiger partial charge in [0.15, 0.2) is 6.10 Å². The number of carbonyl (C=O) groups excluding carboxylic acids is 4. The van der Waals surface area contributed by atoms with Crippen LogP contribution in [-0.2, 0) is 47.7 Å². The van der Waals surface area contributed by atoms with E-state index in [4.69, 9.17) is 10.5 Å². The second-order valence-corrected chi connectivity index (χ2v) is 13.4.